The normalized spacial score (nSPS) is 16.0. The topological polar surface area (TPSA) is 81.9 Å². The van der Waals surface area contributed by atoms with Gasteiger partial charge in [0.05, 0.1) is 18.8 Å². The van der Waals surface area contributed by atoms with Crippen molar-refractivity contribution in [2.45, 2.75) is 45.2 Å². The Balaban J connectivity index is 1.49. The van der Waals surface area contributed by atoms with Gasteiger partial charge in [-0.2, -0.15) is 0 Å². The molecule has 1 aromatic heterocycles. The summed E-state index contributed by atoms with van der Waals surface area (Å²) in [6.07, 6.45) is 5.86. The van der Waals surface area contributed by atoms with E-state index in [1.54, 1.807) is 6.26 Å². The van der Waals surface area contributed by atoms with Crippen LogP contribution in [0, 0.1) is 0 Å². The van der Waals surface area contributed by atoms with Gasteiger partial charge >= 0.3 is 0 Å². The standard InChI is InChI=1S/C24H35N5O2/c1-2-25-24(26-14-13-23(30)27-18-20-10-5-3-6-11-20)28-19-21(22-12-9-17-31-22)29-15-7-4-8-16-29/h3,5-6,9-12,17,21H,2,4,7-8,13-16,18-19H2,1H3,(H,27,30)(H2,25,26,28). The van der Waals surface area contributed by atoms with Crippen LogP contribution in [0.25, 0.3) is 0 Å². The number of benzene rings is 1. The van der Waals surface area contributed by atoms with E-state index in [2.05, 4.69) is 20.9 Å². The number of nitrogens with zero attached hydrogens (tertiary/aromatic N) is 2. The summed E-state index contributed by atoms with van der Waals surface area (Å²) in [6.45, 7) is 6.65. The molecule has 0 bridgehead atoms. The summed E-state index contributed by atoms with van der Waals surface area (Å²) < 4.78 is 5.71. The summed E-state index contributed by atoms with van der Waals surface area (Å²) in [5, 5.41) is 9.52. The molecule has 7 heteroatoms. The lowest BCUT2D eigenvalue weighted by Crippen LogP contribution is -2.40. The molecular formula is C24H35N5O2. The van der Waals surface area contributed by atoms with Gasteiger partial charge in [-0.25, -0.2) is 0 Å². The van der Waals surface area contributed by atoms with Crippen molar-refractivity contribution in [3.63, 3.8) is 0 Å². The lowest BCUT2D eigenvalue weighted by molar-refractivity contribution is -0.121. The fraction of sp³-hybridized carbons (Fsp3) is 0.500. The Morgan fingerprint density at radius 1 is 1.06 bits per heavy atom. The molecule has 0 radical (unpaired) electrons. The molecule has 2 heterocycles. The first kappa shape index (κ1) is 22.9. The Labute approximate surface area is 185 Å². The van der Waals surface area contributed by atoms with Gasteiger partial charge in [0.1, 0.15) is 5.76 Å². The number of guanidine groups is 1. The van der Waals surface area contributed by atoms with Crippen molar-refractivity contribution in [1.82, 2.24) is 20.9 Å². The van der Waals surface area contributed by atoms with Crippen LogP contribution >= 0.6 is 0 Å². The highest BCUT2D eigenvalue weighted by molar-refractivity contribution is 5.81. The summed E-state index contributed by atoms with van der Waals surface area (Å²) >= 11 is 0. The predicted molar refractivity (Wildman–Crippen MR) is 124 cm³/mol. The summed E-state index contributed by atoms with van der Waals surface area (Å²) in [4.78, 5) is 19.4. The van der Waals surface area contributed by atoms with Crippen molar-refractivity contribution in [1.29, 1.82) is 0 Å². The molecule has 1 aliphatic heterocycles. The third-order valence-corrected chi connectivity index (χ3v) is 5.45. The van der Waals surface area contributed by atoms with E-state index in [0.29, 0.717) is 26.1 Å². The molecule has 1 atom stereocenters. The van der Waals surface area contributed by atoms with Crippen LogP contribution in [-0.4, -0.2) is 49.5 Å². The van der Waals surface area contributed by atoms with E-state index in [-0.39, 0.29) is 11.9 Å². The van der Waals surface area contributed by atoms with Crippen LogP contribution in [-0.2, 0) is 11.3 Å². The highest BCUT2D eigenvalue weighted by atomic mass is 16.3. The molecule has 1 amide bonds. The Morgan fingerprint density at radius 3 is 2.58 bits per heavy atom. The zero-order valence-corrected chi connectivity index (χ0v) is 18.5. The number of furan rings is 1. The van der Waals surface area contributed by atoms with Crippen LogP contribution in [0.5, 0.6) is 0 Å². The molecule has 31 heavy (non-hydrogen) atoms. The van der Waals surface area contributed by atoms with E-state index in [1.165, 1.54) is 19.3 Å². The van der Waals surface area contributed by atoms with Crippen LogP contribution in [0.1, 0.15) is 50.0 Å². The molecule has 1 aromatic carbocycles. The van der Waals surface area contributed by atoms with Gasteiger partial charge in [-0.05, 0) is 50.6 Å². The Morgan fingerprint density at radius 2 is 1.87 bits per heavy atom. The van der Waals surface area contributed by atoms with Crippen LogP contribution in [0.2, 0.25) is 0 Å². The number of carbonyl (C=O) groups excluding carboxylic acids is 1. The van der Waals surface area contributed by atoms with Crippen LogP contribution in [0.15, 0.2) is 58.1 Å². The molecule has 1 aliphatic rings. The SMILES string of the molecule is CCNC(=NCC(c1ccco1)N1CCCCC1)NCCC(=O)NCc1ccccc1. The monoisotopic (exact) mass is 425 g/mol. The Bertz CT molecular complexity index is 786. The quantitative estimate of drug-likeness (QED) is 0.403. The van der Waals surface area contributed by atoms with Gasteiger partial charge in [0.15, 0.2) is 5.96 Å². The Hall–Kier alpha value is -2.80. The third kappa shape index (κ3) is 7.75. The molecule has 1 saturated heterocycles. The number of rotatable bonds is 10. The number of hydrogen-bond acceptors (Lipinski definition) is 4. The van der Waals surface area contributed by atoms with Gasteiger partial charge < -0.3 is 20.4 Å². The first-order valence-corrected chi connectivity index (χ1v) is 11.4. The fourth-order valence-corrected chi connectivity index (χ4v) is 3.80. The van der Waals surface area contributed by atoms with Gasteiger partial charge in [0.25, 0.3) is 0 Å². The summed E-state index contributed by atoms with van der Waals surface area (Å²) in [5.41, 5.74) is 1.10. The van der Waals surface area contributed by atoms with Crippen molar-refractivity contribution < 1.29 is 9.21 Å². The maximum atomic E-state index is 12.2. The molecule has 3 N–H and O–H groups in total. The number of amides is 1. The lowest BCUT2D eigenvalue weighted by Gasteiger charge is -2.32. The van der Waals surface area contributed by atoms with E-state index >= 15 is 0 Å². The molecule has 2 aromatic rings. The van der Waals surface area contributed by atoms with Crippen LogP contribution in [0.4, 0.5) is 0 Å². The van der Waals surface area contributed by atoms with E-state index in [9.17, 15) is 4.79 Å². The first-order valence-electron chi connectivity index (χ1n) is 11.4. The van der Waals surface area contributed by atoms with Gasteiger partial charge in [-0.1, -0.05) is 36.8 Å². The van der Waals surface area contributed by atoms with Crippen molar-refractivity contribution in [2.24, 2.45) is 4.99 Å². The molecule has 0 saturated carbocycles. The summed E-state index contributed by atoms with van der Waals surface area (Å²) in [7, 11) is 0. The van der Waals surface area contributed by atoms with Crippen molar-refractivity contribution in [3.05, 3.63) is 60.1 Å². The van der Waals surface area contributed by atoms with Gasteiger partial charge in [-0.15, -0.1) is 0 Å². The summed E-state index contributed by atoms with van der Waals surface area (Å²) in [6, 6.07) is 14.0. The highest BCUT2D eigenvalue weighted by Crippen LogP contribution is 2.25. The molecule has 7 nitrogen and oxygen atoms in total. The average molecular weight is 426 g/mol. The number of hydrogen-bond donors (Lipinski definition) is 3. The maximum absolute atomic E-state index is 12.2. The highest BCUT2D eigenvalue weighted by Gasteiger charge is 2.24. The van der Waals surface area contributed by atoms with E-state index in [1.807, 2.05) is 49.4 Å². The zero-order chi connectivity index (χ0) is 21.7. The number of aliphatic imine (C=N–C) groups is 1. The fourth-order valence-electron chi connectivity index (χ4n) is 3.80. The molecule has 3 rings (SSSR count). The Kier molecular flexibility index (Phi) is 9.44. The van der Waals surface area contributed by atoms with Crippen molar-refractivity contribution in [2.75, 3.05) is 32.7 Å². The average Bonchev–Trinajstić information content (AvgIpc) is 3.34. The van der Waals surface area contributed by atoms with Gasteiger partial charge in [0, 0.05) is 26.1 Å². The predicted octanol–water partition coefficient (Wildman–Crippen LogP) is 3.07. The molecule has 1 unspecified atom stereocenters. The van der Waals surface area contributed by atoms with Crippen molar-refractivity contribution in [3.8, 4) is 0 Å². The number of nitrogens with one attached hydrogen (secondary N) is 3. The van der Waals surface area contributed by atoms with Crippen molar-refractivity contribution >= 4 is 11.9 Å². The largest absolute Gasteiger partial charge is 0.468 e. The molecule has 1 fully saturated rings. The first-order chi connectivity index (χ1) is 15.3. The minimum atomic E-state index is 0.0222. The second-order valence-electron chi connectivity index (χ2n) is 7.79. The maximum Gasteiger partial charge on any atom is 0.222 e. The van der Waals surface area contributed by atoms with E-state index < -0.39 is 0 Å². The molecular weight excluding hydrogens is 390 g/mol. The van der Waals surface area contributed by atoms with Gasteiger partial charge in [-0.3, -0.25) is 14.7 Å². The van der Waals surface area contributed by atoms with Crippen LogP contribution in [0.3, 0.4) is 0 Å². The minimum absolute atomic E-state index is 0.0222. The second kappa shape index (κ2) is 12.8. The van der Waals surface area contributed by atoms with Crippen LogP contribution < -0.4 is 16.0 Å². The van der Waals surface area contributed by atoms with Gasteiger partial charge in [0.2, 0.25) is 5.91 Å². The van der Waals surface area contributed by atoms with E-state index in [0.717, 1.165) is 36.9 Å². The second-order valence-corrected chi connectivity index (χ2v) is 7.79. The lowest BCUT2D eigenvalue weighted by atomic mass is 10.1. The minimum Gasteiger partial charge on any atom is -0.468 e. The number of likely N-dealkylation sites (tertiary alicyclic amines) is 1. The molecule has 0 spiro atoms. The summed E-state index contributed by atoms with van der Waals surface area (Å²) in [5.74, 6) is 1.71. The van der Waals surface area contributed by atoms with E-state index in [4.69, 9.17) is 9.41 Å². The third-order valence-electron chi connectivity index (χ3n) is 5.45. The molecule has 0 aliphatic carbocycles. The molecule has 168 valence electrons. The number of carbonyl (C=O) groups is 1. The smallest absolute Gasteiger partial charge is 0.222 e. The number of piperidine rings is 1. The zero-order valence-electron chi connectivity index (χ0n) is 18.5.